The Morgan fingerprint density at radius 2 is 1.52 bits per heavy atom. The SMILES string of the molecule is CC(C)[C@@H](CC(=O)NCCN(C(C)C)C(C)C)NC(=O)OC(C)(C)C. The molecular weight excluding hydrogens is 318 g/mol. The molecule has 0 rings (SSSR count). The summed E-state index contributed by atoms with van der Waals surface area (Å²) in [5.41, 5.74) is -0.551. The van der Waals surface area contributed by atoms with Crippen LogP contribution in [0.25, 0.3) is 0 Å². The molecule has 0 spiro atoms. The fraction of sp³-hybridized carbons (Fsp3) is 0.895. The van der Waals surface area contributed by atoms with E-state index in [4.69, 9.17) is 4.74 Å². The van der Waals surface area contributed by atoms with Crippen LogP contribution in [0, 0.1) is 5.92 Å². The highest BCUT2D eigenvalue weighted by atomic mass is 16.6. The molecule has 0 saturated carbocycles. The maximum Gasteiger partial charge on any atom is 0.407 e. The van der Waals surface area contributed by atoms with E-state index in [-0.39, 0.29) is 24.3 Å². The number of hydrogen-bond acceptors (Lipinski definition) is 4. The molecule has 0 radical (unpaired) electrons. The number of nitrogens with zero attached hydrogens (tertiary/aromatic N) is 1. The molecule has 25 heavy (non-hydrogen) atoms. The van der Waals surface area contributed by atoms with Gasteiger partial charge in [0.15, 0.2) is 0 Å². The normalized spacial score (nSPS) is 13.5. The van der Waals surface area contributed by atoms with Gasteiger partial charge in [0.2, 0.25) is 5.91 Å². The topological polar surface area (TPSA) is 70.7 Å². The lowest BCUT2D eigenvalue weighted by Crippen LogP contribution is -2.46. The lowest BCUT2D eigenvalue weighted by Gasteiger charge is -2.30. The maximum absolute atomic E-state index is 12.2. The minimum Gasteiger partial charge on any atom is -0.444 e. The Morgan fingerprint density at radius 3 is 1.92 bits per heavy atom. The van der Waals surface area contributed by atoms with Crippen LogP contribution < -0.4 is 10.6 Å². The number of hydrogen-bond donors (Lipinski definition) is 2. The summed E-state index contributed by atoms with van der Waals surface area (Å²) in [5, 5.41) is 5.76. The van der Waals surface area contributed by atoms with Crippen LogP contribution in [0.5, 0.6) is 0 Å². The second kappa shape index (κ2) is 10.6. The molecule has 0 aliphatic heterocycles. The lowest BCUT2D eigenvalue weighted by atomic mass is 10.0. The summed E-state index contributed by atoms with van der Waals surface area (Å²) in [6.45, 7) is 19.4. The second-order valence-corrected chi connectivity index (χ2v) is 8.48. The fourth-order valence-corrected chi connectivity index (χ4v) is 2.62. The van der Waals surface area contributed by atoms with Crippen LogP contribution in [0.3, 0.4) is 0 Å². The molecule has 1 atom stereocenters. The Labute approximate surface area is 154 Å². The summed E-state index contributed by atoms with van der Waals surface area (Å²) < 4.78 is 5.28. The largest absolute Gasteiger partial charge is 0.444 e. The van der Waals surface area contributed by atoms with Gasteiger partial charge >= 0.3 is 6.09 Å². The zero-order valence-electron chi connectivity index (χ0n) is 17.6. The first-order chi connectivity index (χ1) is 11.3. The van der Waals surface area contributed by atoms with E-state index in [0.717, 1.165) is 6.54 Å². The smallest absolute Gasteiger partial charge is 0.407 e. The van der Waals surface area contributed by atoms with Gasteiger partial charge in [0.05, 0.1) is 0 Å². The van der Waals surface area contributed by atoms with Crippen molar-refractivity contribution in [2.75, 3.05) is 13.1 Å². The number of rotatable bonds is 9. The van der Waals surface area contributed by atoms with Gasteiger partial charge in [0.25, 0.3) is 0 Å². The first-order valence-electron chi connectivity index (χ1n) is 9.35. The van der Waals surface area contributed by atoms with Crippen molar-refractivity contribution in [1.29, 1.82) is 0 Å². The first-order valence-corrected chi connectivity index (χ1v) is 9.35. The molecule has 2 N–H and O–H groups in total. The highest BCUT2D eigenvalue weighted by Gasteiger charge is 2.23. The van der Waals surface area contributed by atoms with E-state index in [0.29, 0.717) is 18.6 Å². The van der Waals surface area contributed by atoms with Crippen LogP contribution in [0.4, 0.5) is 4.79 Å². The van der Waals surface area contributed by atoms with Gasteiger partial charge in [-0.2, -0.15) is 0 Å². The minimum absolute atomic E-state index is 0.0535. The predicted molar refractivity (Wildman–Crippen MR) is 103 cm³/mol. The molecule has 0 aromatic rings. The van der Waals surface area contributed by atoms with Crippen LogP contribution in [0.2, 0.25) is 0 Å². The molecular formula is C19H39N3O3. The van der Waals surface area contributed by atoms with E-state index in [9.17, 15) is 9.59 Å². The van der Waals surface area contributed by atoms with E-state index in [1.807, 2.05) is 34.6 Å². The summed E-state index contributed by atoms with van der Waals surface area (Å²) >= 11 is 0. The van der Waals surface area contributed by atoms with Gasteiger partial charge in [-0.05, 0) is 54.4 Å². The predicted octanol–water partition coefficient (Wildman–Crippen LogP) is 3.16. The third-order valence-corrected chi connectivity index (χ3v) is 3.93. The highest BCUT2D eigenvalue weighted by Crippen LogP contribution is 2.10. The minimum atomic E-state index is -0.551. The van der Waals surface area contributed by atoms with E-state index < -0.39 is 11.7 Å². The number of carbonyl (C=O) groups excluding carboxylic acids is 2. The Balaban J connectivity index is 4.44. The van der Waals surface area contributed by atoms with Crippen molar-refractivity contribution in [3.63, 3.8) is 0 Å². The van der Waals surface area contributed by atoms with E-state index in [1.165, 1.54) is 0 Å². The molecule has 0 unspecified atom stereocenters. The van der Waals surface area contributed by atoms with Crippen LogP contribution in [0.15, 0.2) is 0 Å². The van der Waals surface area contributed by atoms with E-state index in [2.05, 4.69) is 43.2 Å². The second-order valence-electron chi connectivity index (χ2n) is 8.48. The quantitative estimate of drug-likeness (QED) is 0.665. The summed E-state index contributed by atoms with van der Waals surface area (Å²) in [7, 11) is 0. The van der Waals surface area contributed by atoms with Gasteiger partial charge < -0.3 is 15.4 Å². The van der Waals surface area contributed by atoms with Crippen LogP contribution in [-0.4, -0.2) is 53.7 Å². The van der Waals surface area contributed by atoms with Crippen molar-refractivity contribution in [3.05, 3.63) is 0 Å². The number of carbonyl (C=O) groups is 2. The maximum atomic E-state index is 12.2. The lowest BCUT2D eigenvalue weighted by molar-refractivity contribution is -0.121. The van der Waals surface area contributed by atoms with E-state index >= 15 is 0 Å². The van der Waals surface area contributed by atoms with Gasteiger partial charge in [-0.25, -0.2) is 4.79 Å². The summed E-state index contributed by atoms with van der Waals surface area (Å²) in [6.07, 6.45) is -0.231. The molecule has 0 aromatic carbocycles. The molecule has 148 valence electrons. The van der Waals surface area contributed by atoms with Crippen LogP contribution >= 0.6 is 0 Å². The number of nitrogens with one attached hydrogen (secondary N) is 2. The van der Waals surface area contributed by atoms with Crippen molar-refractivity contribution in [3.8, 4) is 0 Å². The van der Waals surface area contributed by atoms with Crippen molar-refractivity contribution in [1.82, 2.24) is 15.5 Å². The third-order valence-electron chi connectivity index (χ3n) is 3.93. The monoisotopic (exact) mass is 357 g/mol. The molecule has 0 saturated heterocycles. The molecule has 0 fully saturated rings. The average Bonchev–Trinajstić information content (AvgIpc) is 2.39. The van der Waals surface area contributed by atoms with Crippen molar-refractivity contribution < 1.29 is 14.3 Å². The Bertz CT molecular complexity index is 407. The van der Waals surface area contributed by atoms with E-state index in [1.54, 1.807) is 0 Å². The van der Waals surface area contributed by atoms with Gasteiger partial charge in [0.1, 0.15) is 5.60 Å². The molecule has 0 aliphatic rings. The first kappa shape index (κ1) is 23.7. The third kappa shape index (κ3) is 11.0. The van der Waals surface area contributed by atoms with Gasteiger partial charge in [0, 0.05) is 37.6 Å². The molecule has 6 nitrogen and oxygen atoms in total. The number of ether oxygens (including phenoxy) is 1. The fourth-order valence-electron chi connectivity index (χ4n) is 2.62. The molecule has 0 bridgehead atoms. The number of alkyl carbamates (subject to hydrolysis) is 1. The van der Waals surface area contributed by atoms with Crippen molar-refractivity contribution in [2.24, 2.45) is 5.92 Å². The molecule has 0 aliphatic carbocycles. The Kier molecular flexibility index (Phi) is 10.1. The average molecular weight is 358 g/mol. The molecule has 6 heteroatoms. The summed E-state index contributed by atoms with van der Waals surface area (Å²) in [5.74, 6) is 0.0864. The number of amides is 2. The van der Waals surface area contributed by atoms with Gasteiger partial charge in [-0.3, -0.25) is 9.69 Å². The van der Waals surface area contributed by atoms with Gasteiger partial charge in [-0.15, -0.1) is 0 Å². The standard InChI is InChI=1S/C19H39N3O3/c1-13(2)16(21-18(24)25-19(7,8)9)12-17(23)20-10-11-22(14(3)4)15(5)6/h13-16H,10-12H2,1-9H3,(H,20,23)(H,21,24)/t16-/m1/s1. The summed E-state index contributed by atoms with van der Waals surface area (Å²) in [6, 6.07) is 0.629. The Hall–Kier alpha value is -1.30. The zero-order valence-corrected chi connectivity index (χ0v) is 17.6. The van der Waals surface area contributed by atoms with Gasteiger partial charge in [-0.1, -0.05) is 13.8 Å². The van der Waals surface area contributed by atoms with Crippen molar-refractivity contribution >= 4 is 12.0 Å². The Morgan fingerprint density at radius 1 is 1.00 bits per heavy atom. The van der Waals surface area contributed by atoms with Crippen molar-refractivity contribution in [2.45, 2.75) is 92.5 Å². The van der Waals surface area contributed by atoms with Crippen LogP contribution in [-0.2, 0) is 9.53 Å². The summed E-state index contributed by atoms with van der Waals surface area (Å²) in [4.78, 5) is 26.5. The van der Waals surface area contributed by atoms with Crippen LogP contribution in [0.1, 0.15) is 68.7 Å². The molecule has 0 aromatic heterocycles. The molecule has 2 amide bonds. The molecule has 0 heterocycles. The highest BCUT2D eigenvalue weighted by molar-refractivity contribution is 5.77. The zero-order chi connectivity index (χ0) is 19.8.